The minimum atomic E-state index is -0.0278. The van der Waals surface area contributed by atoms with Gasteiger partial charge in [0, 0.05) is 67.2 Å². The summed E-state index contributed by atoms with van der Waals surface area (Å²) in [4.78, 5) is 28.2. The van der Waals surface area contributed by atoms with E-state index in [4.69, 9.17) is 19.7 Å². The first-order valence-corrected chi connectivity index (χ1v) is 13.9. The van der Waals surface area contributed by atoms with Crippen LogP contribution in [0.5, 0.6) is 0 Å². The highest BCUT2D eigenvalue weighted by molar-refractivity contribution is 7.16. The van der Waals surface area contributed by atoms with E-state index in [2.05, 4.69) is 22.8 Å². The number of carbonyl (C=O) groups is 1. The first kappa shape index (κ1) is 26.0. The van der Waals surface area contributed by atoms with Crippen molar-refractivity contribution >= 4 is 28.1 Å². The Morgan fingerprint density at radius 3 is 2.82 bits per heavy atom. The van der Waals surface area contributed by atoms with Crippen molar-refractivity contribution in [1.29, 1.82) is 0 Å². The van der Waals surface area contributed by atoms with Gasteiger partial charge in [0.25, 0.3) is 5.91 Å². The van der Waals surface area contributed by atoms with Gasteiger partial charge >= 0.3 is 0 Å². The molecule has 2 N–H and O–H groups in total. The van der Waals surface area contributed by atoms with Crippen LogP contribution in [0.1, 0.15) is 36.3 Å². The van der Waals surface area contributed by atoms with Gasteiger partial charge in [0.15, 0.2) is 5.13 Å². The molecule has 2 aliphatic heterocycles. The second kappa shape index (κ2) is 12.3. The van der Waals surface area contributed by atoms with Gasteiger partial charge in [-0.15, -0.1) is 11.3 Å². The lowest BCUT2D eigenvalue weighted by Crippen LogP contribution is -2.39. The molecule has 1 fully saturated rings. The van der Waals surface area contributed by atoms with Crippen molar-refractivity contribution in [2.45, 2.75) is 45.1 Å². The minimum Gasteiger partial charge on any atom is -0.381 e. The Kier molecular flexibility index (Phi) is 8.41. The number of hydrogen-bond donors (Lipinski definition) is 2. The fourth-order valence-electron chi connectivity index (χ4n) is 4.66. The second-order valence-electron chi connectivity index (χ2n) is 9.54. The fraction of sp³-hybridized carbons (Fsp3) is 0.333. The Bertz CT molecular complexity index is 1370. The molecule has 0 spiro atoms. The van der Waals surface area contributed by atoms with E-state index in [0.29, 0.717) is 18.8 Å². The van der Waals surface area contributed by atoms with Crippen LogP contribution in [0.25, 0.3) is 11.4 Å². The molecule has 0 radical (unpaired) electrons. The van der Waals surface area contributed by atoms with Crippen LogP contribution in [0.15, 0.2) is 82.6 Å². The molecule has 1 saturated heterocycles. The number of hydrogen-bond acceptors (Lipinski definition) is 7. The first-order chi connectivity index (χ1) is 18.6. The van der Waals surface area contributed by atoms with Crippen LogP contribution >= 0.6 is 11.3 Å². The zero-order valence-electron chi connectivity index (χ0n) is 21.9. The van der Waals surface area contributed by atoms with Crippen molar-refractivity contribution in [2.75, 3.05) is 25.6 Å². The van der Waals surface area contributed by atoms with E-state index < -0.39 is 0 Å². The number of anilines is 1. The van der Waals surface area contributed by atoms with E-state index in [-0.39, 0.29) is 11.9 Å². The smallest absolute Gasteiger partial charge is 0.251 e. The normalized spacial score (nSPS) is 18.1. The van der Waals surface area contributed by atoms with Crippen LogP contribution in [0, 0.1) is 6.92 Å². The van der Waals surface area contributed by atoms with Crippen molar-refractivity contribution in [2.24, 2.45) is 4.99 Å². The molecule has 196 valence electrons. The SMILES string of the molecule is CNc1nc(-c2cccc(C)n2)c(CC2=CCC(C3=CC=C(C(=O)NC4CCOCC4)C=CC3)=NC=C2)s1. The van der Waals surface area contributed by atoms with Gasteiger partial charge in [-0.2, -0.15) is 0 Å². The largest absolute Gasteiger partial charge is 0.381 e. The summed E-state index contributed by atoms with van der Waals surface area (Å²) in [7, 11) is 1.89. The van der Waals surface area contributed by atoms with Crippen molar-refractivity contribution in [1.82, 2.24) is 15.3 Å². The zero-order chi connectivity index (χ0) is 26.3. The number of aryl methyl sites for hydroxylation is 1. The molecule has 8 heteroatoms. The molecule has 7 nitrogen and oxygen atoms in total. The molecule has 0 bridgehead atoms. The Morgan fingerprint density at radius 1 is 1.13 bits per heavy atom. The topological polar surface area (TPSA) is 88.5 Å². The third-order valence-corrected chi connectivity index (χ3v) is 7.84. The number of nitrogens with one attached hydrogen (secondary N) is 2. The number of thiazole rings is 1. The number of rotatable bonds is 7. The average Bonchev–Trinajstić information content (AvgIpc) is 3.07. The van der Waals surface area contributed by atoms with Gasteiger partial charge in [-0.1, -0.05) is 30.4 Å². The number of aliphatic imine (C=N–C) groups is 1. The molecule has 0 aromatic carbocycles. The molecule has 38 heavy (non-hydrogen) atoms. The number of pyridine rings is 1. The molecule has 0 unspecified atom stereocenters. The molecule has 1 aliphatic carbocycles. The third-order valence-electron chi connectivity index (χ3n) is 6.77. The minimum absolute atomic E-state index is 0.0278. The van der Waals surface area contributed by atoms with Crippen molar-refractivity contribution in [3.05, 3.63) is 88.1 Å². The highest BCUT2D eigenvalue weighted by Gasteiger charge is 2.19. The molecule has 4 heterocycles. The molecule has 2 aromatic heterocycles. The summed E-state index contributed by atoms with van der Waals surface area (Å²) < 4.78 is 5.39. The van der Waals surface area contributed by atoms with Crippen LogP contribution in [0.4, 0.5) is 5.13 Å². The Morgan fingerprint density at radius 2 is 2.00 bits per heavy atom. The van der Waals surface area contributed by atoms with E-state index in [9.17, 15) is 4.79 Å². The third kappa shape index (κ3) is 6.44. The molecule has 2 aromatic rings. The van der Waals surface area contributed by atoms with E-state index in [1.54, 1.807) is 11.3 Å². The summed E-state index contributed by atoms with van der Waals surface area (Å²) >= 11 is 1.66. The predicted molar refractivity (Wildman–Crippen MR) is 155 cm³/mol. The fourth-order valence-corrected chi connectivity index (χ4v) is 5.62. The number of amides is 1. The molecular weight excluding hydrogens is 494 g/mol. The van der Waals surface area contributed by atoms with Gasteiger partial charge in [-0.3, -0.25) is 14.8 Å². The van der Waals surface area contributed by atoms with Crippen LogP contribution < -0.4 is 10.6 Å². The van der Waals surface area contributed by atoms with Crippen molar-refractivity contribution < 1.29 is 9.53 Å². The summed E-state index contributed by atoms with van der Waals surface area (Å²) in [6.45, 7) is 3.41. The summed E-state index contributed by atoms with van der Waals surface area (Å²) in [5.41, 5.74) is 6.81. The van der Waals surface area contributed by atoms with E-state index >= 15 is 0 Å². The Hall–Kier alpha value is -3.62. The van der Waals surface area contributed by atoms with Gasteiger partial charge in [0.1, 0.15) is 5.69 Å². The molecule has 3 aliphatic rings. The summed E-state index contributed by atoms with van der Waals surface area (Å²) in [6, 6.07) is 6.22. The van der Waals surface area contributed by atoms with E-state index in [1.165, 1.54) is 10.5 Å². The number of allylic oxidation sites excluding steroid dienone is 7. The van der Waals surface area contributed by atoms with E-state index in [1.807, 2.05) is 62.7 Å². The van der Waals surface area contributed by atoms with Crippen LogP contribution in [-0.2, 0) is 16.0 Å². The Balaban J connectivity index is 1.28. The zero-order valence-corrected chi connectivity index (χ0v) is 22.7. The van der Waals surface area contributed by atoms with Crippen LogP contribution in [0.2, 0.25) is 0 Å². The molecular formula is C30H33N5O2S. The Labute approximate surface area is 227 Å². The van der Waals surface area contributed by atoms with Crippen LogP contribution in [0.3, 0.4) is 0 Å². The van der Waals surface area contributed by atoms with Gasteiger partial charge in [-0.25, -0.2) is 4.98 Å². The first-order valence-electron chi connectivity index (χ1n) is 13.1. The quantitative estimate of drug-likeness (QED) is 0.497. The number of ether oxygens (including phenoxy) is 1. The molecule has 0 atom stereocenters. The summed E-state index contributed by atoms with van der Waals surface area (Å²) in [5.74, 6) is -0.0278. The van der Waals surface area contributed by atoms with Gasteiger partial charge in [0.05, 0.1) is 5.69 Å². The maximum absolute atomic E-state index is 12.8. The average molecular weight is 528 g/mol. The van der Waals surface area contributed by atoms with Gasteiger partial charge < -0.3 is 15.4 Å². The van der Waals surface area contributed by atoms with Gasteiger partial charge in [0.2, 0.25) is 0 Å². The summed E-state index contributed by atoms with van der Waals surface area (Å²) in [5, 5.41) is 7.20. The number of carbonyl (C=O) groups excluding carboxylic acids is 1. The number of nitrogens with zero attached hydrogens (tertiary/aromatic N) is 3. The number of aromatic nitrogens is 2. The highest BCUT2D eigenvalue weighted by Crippen LogP contribution is 2.32. The second-order valence-corrected chi connectivity index (χ2v) is 10.6. The van der Waals surface area contributed by atoms with E-state index in [0.717, 1.165) is 65.6 Å². The van der Waals surface area contributed by atoms with Crippen LogP contribution in [-0.4, -0.2) is 47.9 Å². The molecule has 1 amide bonds. The lowest BCUT2D eigenvalue weighted by Gasteiger charge is -2.23. The maximum Gasteiger partial charge on any atom is 0.251 e. The standard InChI is InChI=1S/C30H33N5O2S/c1-20-5-3-8-26(33-20)28-27(38-30(31-2)35-28)19-21-9-12-25(32-16-13-21)22-6-4-7-23(11-10-22)29(36)34-24-14-17-37-18-15-24/h3-5,7-11,13,16,24H,6,12,14-15,17-19H2,1-2H3,(H,31,35)(H,34,36). The lowest BCUT2D eigenvalue weighted by molar-refractivity contribution is -0.118. The monoisotopic (exact) mass is 527 g/mol. The summed E-state index contributed by atoms with van der Waals surface area (Å²) in [6.07, 6.45) is 18.1. The van der Waals surface area contributed by atoms with Gasteiger partial charge in [-0.05, 0) is 61.6 Å². The predicted octanol–water partition coefficient (Wildman–Crippen LogP) is 5.49. The molecule has 0 saturated carbocycles. The lowest BCUT2D eigenvalue weighted by atomic mass is 10.0. The van der Waals surface area contributed by atoms with Crippen molar-refractivity contribution in [3.63, 3.8) is 0 Å². The van der Waals surface area contributed by atoms with Crippen molar-refractivity contribution in [3.8, 4) is 11.4 Å². The molecule has 5 rings (SSSR count). The maximum atomic E-state index is 12.8. The highest BCUT2D eigenvalue weighted by atomic mass is 32.1.